The minimum Gasteiger partial charge on any atom is -0.396 e. The molecular formula is C14H22O2. The van der Waals surface area contributed by atoms with Gasteiger partial charge in [-0.25, -0.2) is 0 Å². The fraction of sp³-hybridized carbons (Fsp3) is 0.571. The minimum atomic E-state index is 0.300. The third-order valence-electron chi connectivity index (χ3n) is 2.54. The van der Waals surface area contributed by atoms with Gasteiger partial charge < -0.3 is 9.84 Å². The fourth-order valence-electron chi connectivity index (χ4n) is 1.62. The summed E-state index contributed by atoms with van der Waals surface area (Å²) >= 11 is 0. The van der Waals surface area contributed by atoms with E-state index in [9.17, 15) is 0 Å². The first-order chi connectivity index (χ1) is 7.93. The van der Waals surface area contributed by atoms with Crippen molar-refractivity contribution in [2.75, 3.05) is 19.8 Å². The monoisotopic (exact) mass is 222 g/mol. The fourth-order valence-corrected chi connectivity index (χ4v) is 1.62. The third kappa shape index (κ3) is 6.59. The molecule has 0 heterocycles. The Morgan fingerprint density at radius 2 is 1.62 bits per heavy atom. The van der Waals surface area contributed by atoms with E-state index in [4.69, 9.17) is 9.84 Å². The van der Waals surface area contributed by atoms with Crippen LogP contribution in [0.25, 0.3) is 0 Å². The lowest BCUT2D eigenvalue weighted by Gasteiger charge is -2.04. The first-order valence-electron chi connectivity index (χ1n) is 6.16. The van der Waals surface area contributed by atoms with Gasteiger partial charge in [-0.3, -0.25) is 0 Å². The molecule has 0 aliphatic carbocycles. The molecular weight excluding hydrogens is 200 g/mol. The predicted octanol–water partition coefficient (Wildman–Crippen LogP) is 2.80. The summed E-state index contributed by atoms with van der Waals surface area (Å²) in [7, 11) is 0. The zero-order chi connectivity index (χ0) is 11.5. The van der Waals surface area contributed by atoms with Gasteiger partial charge in [0.25, 0.3) is 0 Å². The molecule has 0 aromatic heterocycles. The average molecular weight is 222 g/mol. The Morgan fingerprint density at radius 1 is 0.875 bits per heavy atom. The summed E-state index contributed by atoms with van der Waals surface area (Å²) in [6, 6.07) is 10.5. The molecule has 1 N–H and O–H groups in total. The van der Waals surface area contributed by atoms with Crippen LogP contribution in [0.3, 0.4) is 0 Å². The standard InChI is InChI=1S/C14H22O2/c15-11-5-2-6-12-16-13-7-10-14-8-3-1-4-9-14/h1,3-4,8-9,15H,2,5-7,10-13H2. The molecule has 16 heavy (non-hydrogen) atoms. The van der Waals surface area contributed by atoms with Gasteiger partial charge in [0.05, 0.1) is 0 Å². The molecule has 0 aliphatic rings. The highest BCUT2D eigenvalue weighted by atomic mass is 16.5. The SMILES string of the molecule is OCCCCCOCCCc1ccccc1. The largest absolute Gasteiger partial charge is 0.396 e. The van der Waals surface area contributed by atoms with Crippen molar-refractivity contribution in [2.45, 2.75) is 32.1 Å². The number of rotatable bonds is 9. The molecule has 2 heteroatoms. The van der Waals surface area contributed by atoms with E-state index in [1.165, 1.54) is 5.56 Å². The number of aryl methyl sites for hydroxylation is 1. The summed E-state index contributed by atoms with van der Waals surface area (Å²) in [4.78, 5) is 0. The Bertz CT molecular complexity index is 246. The molecule has 2 nitrogen and oxygen atoms in total. The van der Waals surface area contributed by atoms with Crippen LogP contribution in [-0.4, -0.2) is 24.9 Å². The van der Waals surface area contributed by atoms with Crippen LogP contribution in [0.5, 0.6) is 0 Å². The number of ether oxygens (including phenoxy) is 1. The second-order valence-electron chi connectivity index (χ2n) is 3.99. The molecule has 0 aliphatic heterocycles. The van der Waals surface area contributed by atoms with Gasteiger partial charge in [0.2, 0.25) is 0 Å². The quantitative estimate of drug-likeness (QED) is 0.651. The Balaban J connectivity index is 1.89. The lowest BCUT2D eigenvalue weighted by Crippen LogP contribution is -1.99. The van der Waals surface area contributed by atoms with Gasteiger partial charge >= 0.3 is 0 Å². The summed E-state index contributed by atoms with van der Waals surface area (Å²) in [5, 5.41) is 8.59. The average Bonchev–Trinajstić information content (AvgIpc) is 2.34. The van der Waals surface area contributed by atoms with Crippen molar-refractivity contribution in [3.05, 3.63) is 35.9 Å². The van der Waals surface area contributed by atoms with Crippen molar-refractivity contribution in [1.82, 2.24) is 0 Å². The number of benzene rings is 1. The number of aliphatic hydroxyl groups excluding tert-OH is 1. The van der Waals surface area contributed by atoms with Gasteiger partial charge in [0.15, 0.2) is 0 Å². The highest BCUT2D eigenvalue weighted by Gasteiger charge is 1.93. The molecule has 0 bridgehead atoms. The molecule has 1 rings (SSSR count). The van der Waals surface area contributed by atoms with E-state index in [-0.39, 0.29) is 0 Å². The lowest BCUT2D eigenvalue weighted by molar-refractivity contribution is 0.126. The molecule has 1 aromatic rings. The zero-order valence-electron chi connectivity index (χ0n) is 9.90. The zero-order valence-corrected chi connectivity index (χ0v) is 9.90. The van der Waals surface area contributed by atoms with E-state index in [1.54, 1.807) is 0 Å². The highest BCUT2D eigenvalue weighted by Crippen LogP contribution is 2.02. The smallest absolute Gasteiger partial charge is 0.0469 e. The van der Waals surface area contributed by atoms with E-state index in [2.05, 4.69) is 24.3 Å². The van der Waals surface area contributed by atoms with Gasteiger partial charge in [0, 0.05) is 19.8 Å². The van der Waals surface area contributed by atoms with E-state index in [1.807, 2.05) is 6.07 Å². The van der Waals surface area contributed by atoms with Crippen LogP contribution in [0.4, 0.5) is 0 Å². The molecule has 0 fully saturated rings. The first-order valence-corrected chi connectivity index (χ1v) is 6.16. The van der Waals surface area contributed by atoms with Crippen molar-refractivity contribution in [3.8, 4) is 0 Å². The van der Waals surface area contributed by atoms with Crippen LogP contribution < -0.4 is 0 Å². The molecule has 0 radical (unpaired) electrons. The van der Waals surface area contributed by atoms with Crippen LogP contribution in [0.1, 0.15) is 31.2 Å². The molecule has 1 aromatic carbocycles. The maximum Gasteiger partial charge on any atom is 0.0469 e. The molecule has 0 spiro atoms. The van der Waals surface area contributed by atoms with E-state index in [0.717, 1.165) is 45.3 Å². The molecule has 0 unspecified atom stereocenters. The van der Waals surface area contributed by atoms with Crippen molar-refractivity contribution in [2.24, 2.45) is 0 Å². The minimum absolute atomic E-state index is 0.300. The van der Waals surface area contributed by atoms with Gasteiger partial charge in [0.1, 0.15) is 0 Å². The summed E-state index contributed by atoms with van der Waals surface area (Å²) in [6.45, 7) is 1.97. The molecule has 0 atom stereocenters. The van der Waals surface area contributed by atoms with Crippen LogP contribution in [0.2, 0.25) is 0 Å². The second-order valence-corrected chi connectivity index (χ2v) is 3.99. The van der Waals surface area contributed by atoms with Crippen LogP contribution in [0, 0.1) is 0 Å². The first kappa shape index (κ1) is 13.2. The van der Waals surface area contributed by atoms with Crippen molar-refractivity contribution < 1.29 is 9.84 Å². The summed E-state index contributed by atoms with van der Waals surface area (Å²) < 4.78 is 5.52. The predicted molar refractivity (Wildman–Crippen MR) is 66.5 cm³/mol. The Hall–Kier alpha value is -0.860. The summed E-state index contributed by atoms with van der Waals surface area (Å²) in [6.07, 6.45) is 5.20. The molecule has 90 valence electrons. The molecule has 0 saturated carbocycles. The van der Waals surface area contributed by atoms with Gasteiger partial charge in [-0.05, 0) is 37.7 Å². The summed E-state index contributed by atoms with van der Waals surface area (Å²) in [5.41, 5.74) is 1.38. The van der Waals surface area contributed by atoms with Gasteiger partial charge in [-0.2, -0.15) is 0 Å². The van der Waals surface area contributed by atoms with E-state index < -0.39 is 0 Å². The Labute approximate surface area is 98.3 Å². The lowest BCUT2D eigenvalue weighted by atomic mass is 10.1. The van der Waals surface area contributed by atoms with E-state index >= 15 is 0 Å². The number of hydrogen-bond donors (Lipinski definition) is 1. The van der Waals surface area contributed by atoms with Crippen molar-refractivity contribution >= 4 is 0 Å². The van der Waals surface area contributed by atoms with Crippen LogP contribution in [0.15, 0.2) is 30.3 Å². The van der Waals surface area contributed by atoms with Gasteiger partial charge in [-0.15, -0.1) is 0 Å². The summed E-state index contributed by atoms with van der Waals surface area (Å²) in [5.74, 6) is 0. The van der Waals surface area contributed by atoms with Crippen LogP contribution in [-0.2, 0) is 11.2 Å². The molecule has 0 amide bonds. The Kier molecular flexibility index (Phi) is 7.74. The number of hydrogen-bond acceptors (Lipinski definition) is 2. The number of unbranched alkanes of at least 4 members (excludes halogenated alkanes) is 2. The number of aliphatic hydroxyl groups is 1. The normalized spacial score (nSPS) is 10.6. The van der Waals surface area contributed by atoms with Gasteiger partial charge in [-0.1, -0.05) is 30.3 Å². The maximum atomic E-state index is 8.59. The highest BCUT2D eigenvalue weighted by molar-refractivity contribution is 5.14. The maximum absolute atomic E-state index is 8.59. The van der Waals surface area contributed by atoms with Crippen molar-refractivity contribution in [3.63, 3.8) is 0 Å². The van der Waals surface area contributed by atoms with Crippen molar-refractivity contribution in [1.29, 1.82) is 0 Å². The molecule has 0 saturated heterocycles. The second kappa shape index (κ2) is 9.37. The Morgan fingerprint density at radius 3 is 2.38 bits per heavy atom. The topological polar surface area (TPSA) is 29.5 Å². The van der Waals surface area contributed by atoms with Crippen LogP contribution >= 0.6 is 0 Å². The van der Waals surface area contributed by atoms with E-state index in [0.29, 0.717) is 6.61 Å². The third-order valence-corrected chi connectivity index (χ3v) is 2.54.